The van der Waals surface area contributed by atoms with Crippen LogP contribution in [-0.2, 0) is 14.3 Å². The van der Waals surface area contributed by atoms with Crippen molar-refractivity contribution in [1.29, 1.82) is 0 Å². The highest BCUT2D eigenvalue weighted by Gasteiger charge is 2.40. The normalized spacial score (nSPS) is 23.0. The van der Waals surface area contributed by atoms with Crippen LogP contribution in [0.15, 0.2) is 40.7 Å². The third-order valence-electron chi connectivity index (χ3n) is 6.11. The summed E-state index contributed by atoms with van der Waals surface area (Å²) in [6.07, 6.45) is 7.10. The number of ether oxygens (including phenoxy) is 1. The number of esters is 1. The van der Waals surface area contributed by atoms with Crippen molar-refractivity contribution in [3.63, 3.8) is 0 Å². The Morgan fingerprint density at radius 2 is 1.86 bits per heavy atom. The third-order valence-corrected chi connectivity index (χ3v) is 6.95. The van der Waals surface area contributed by atoms with Crippen molar-refractivity contribution in [2.45, 2.75) is 70.3 Å². The van der Waals surface area contributed by atoms with Gasteiger partial charge in [0.15, 0.2) is 5.78 Å². The molecule has 4 rings (SSSR count). The summed E-state index contributed by atoms with van der Waals surface area (Å²) < 4.78 is 5.89. The smallest absolute Gasteiger partial charge is 0.337 e. The first kappa shape index (κ1) is 20.5. The Balaban J connectivity index is 1.78. The van der Waals surface area contributed by atoms with Crippen LogP contribution in [0.1, 0.15) is 69.8 Å². The first-order valence-corrected chi connectivity index (χ1v) is 11.1. The Hall–Kier alpha value is -1.78. The molecule has 3 aliphatic rings. The molecule has 154 valence electrons. The van der Waals surface area contributed by atoms with Gasteiger partial charge in [-0.05, 0) is 57.1 Å². The first-order chi connectivity index (χ1) is 14.0. The lowest BCUT2D eigenvalue weighted by atomic mass is 9.75. The Morgan fingerprint density at radius 1 is 1.10 bits per heavy atom. The minimum Gasteiger partial charge on any atom is -0.459 e. The Morgan fingerprint density at radius 3 is 2.62 bits per heavy atom. The van der Waals surface area contributed by atoms with Gasteiger partial charge in [0.05, 0.1) is 15.6 Å². The van der Waals surface area contributed by atoms with E-state index in [4.69, 9.17) is 27.9 Å². The number of dihydropyridines is 1. The zero-order valence-corrected chi connectivity index (χ0v) is 18.0. The van der Waals surface area contributed by atoms with Gasteiger partial charge < -0.3 is 10.1 Å². The molecule has 1 heterocycles. The summed E-state index contributed by atoms with van der Waals surface area (Å²) in [5.74, 6) is -0.871. The van der Waals surface area contributed by atoms with E-state index >= 15 is 0 Å². The van der Waals surface area contributed by atoms with Crippen molar-refractivity contribution in [3.05, 3.63) is 56.3 Å². The number of ketones is 1. The predicted molar refractivity (Wildman–Crippen MR) is 114 cm³/mol. The van der Waals surface area contributed by atoms with Crippen LogP contribution < -0.4 is 5.32 Å². The molecule has 1 atom stereocenters. The third kappa shape index (κ3) is 3.97. The fourth-order valence-electron chi connectivity index (χ4n) is 4.71. The lowest BCUT2D eigenvalue weighted by molar-refractivity contribution is -0.146. The highest BCUT2D eigenvalue weighted by Crippen LogP contribution is 2.46. The molecule has 1 aromatic rings. The van der Waals surface area contributed by atoms with E-state index in [1.165, 1.54) is 6.42 Å². The van der Waals surface area contributed by atoms with Crippen molar-refractivity contribution in [2.75, 3.05) is 0 Å². The number of Topliss-reactive ketones (excluding diaryl/α,β-unsaturated/α-hetero) is 1. The molecule has 0 aromatic heterocycles. The topological polar surface area (TPSA) is 55.4 Å². The molecule has 1 saturated carbocycles. The molecule has 29 heavy (non-hydrogen) atoms. The Kier molecular flexibility index (Phi) is 6.03. The Bertz CT molecular complexity index is 913. The van der Waals surface area contributed by atoms with E-state index < -0.39 is 5.92 Å². The monoisotopic (exact) mass is 433 g/mol. The molecule has 6 heteroatoms. The summed E-state index contributed by atoms with van der Waals surface area (Å²) in [5, 5.41) is 4.10. The fraction of sp³-hybridized carbons (Fsp3) is 0.478. The van der Waals surface area contributed by atoms with Gasteiger partial charge in [-0.2, -0.15) is 0 Å². The maximum Gasteiger partial charge on any atom is 0.337 e. The Labute approximate surface area is 181 Å². The van der Waals surface area contributed by atoms with Gasteiger partial charge in [0.1, 0.15) is 6.10 Å². The van der Waals surface area contributed by atoms with Crippen LogP contribution in [0.25, 0.3) is 0 Å². The molecular weight excluding hydrogens is 409 g/mol. The van der Waals surface area contributed by atoms with Crippen molar-refractivity contribution in [3.8, 4) is 0 Å². The molecule has 1 N–H and O–H groups in total. The van der Waals surface area contributed by atoms with Gasteiger partial charge in [-0.3, -0.25) is 4.79 Å². The van der Waals surface area contributed by atoms with Crippen LogP contribution in [0.4, 0.5) is 0 Å². The van der Waals surface area contributed by atoms with E-state index in [9.17, 15) is 9.59 Å². The van der Waals surface area contributed by atoms with Gasteiger partial charge in [-0.15, -0.1) is 0 Å². The molecule has 0 unspecified atom stereocenters. The minimum atomic E-state index is -0.554. The average Bonchev–Trinajstić information content (AvgIpc) is 2.70. The molecule has 2 aliphatic carbocycles. The number of benzene rings is 1. The summed E-state index contributed by atoms with van der Waals surface area (Å²) >= 11 is 12.8. The van der Waals surface area contributed by atoms with Gasteiger partial charge in [0, 0.05) is 29.3 Å². The maximum atomic E-state index is 13.3. The maximum absolute atomic E-state index is 13.3. The zero-order chi connectivity index (χ0) is 20.5. The molecule has 0 spiro atoms. The van der Waals surface area contributed by atoms with Crippen LogP contribution in [0.5, 0.6) is 0 Å². The molecule has 1 fully saturated rings. The van der Waals surface area contributed by atoms with Crippen LogP contribution in [0.3, 0.4) is 0 Å². The number of allylic oxidation sites excluding steroid dienone is 3. The fourth-order valence-corrected chi connectivity index (χ4v) is 5.12. The number of halogens is 2. The quantitative estimate of drug-likeness (QED) is 0.608. The van der Waals surface area contributed by atoms with E-state index in [1.807, 2.05) is 13.0 Å². The van der Waals surface area contributed by atoms with E-state index in [2.05, 4.69) is 5.32 Å². The van der Waals surface area contributed by atoms with Crippen LogP contribution in [0.2, 0.25) is 10.0 Å². The second-order valence-electron chi connectivity index (χ2n) is 8.07. The van der Waals surface area contributed by atoms with Gasteiger partial charge in [-0.25, -0.2) is 4.79 Å². The van der Waals surface area contributed by atoms with Crippen LogP contribution in [-0.4, -0.2) is 17.9 Å². The second-order valence-corrected chi connectivity index (χ2v) is 8.86. The molecule has 0 saturated heterocycles. The summed E-state index contributed by atoms with van der Waals surface area (Å²) in [6, 6.07) is 5.36. The number of carbonyl (C=O) groups is 2. The van der Waals surface area contributed by atoms with E-state index in [1.54, 1.807) is 12.1 Å². The number of nitrogens with one attached hydrogen (secondary N) is 1. The molecule has 4 nitrogen and oxygen atoms in total. The summed E-state index contributed by atoms with van der Waals surface area (Å²) in [4.78, 5) is 26.2. The van der Waals surface area contributed by atoms with Crippen molar-refractivity contribution in [1.82, 2.24) is 5.32 Å². The molecule has 0 radical (unpaired) electrons. The lowest BCUT2D eigenvalue weighted by Gasteiger charge is -2.35. The SMILES string of the molecule is CC1=C(C(=O)OC2CCCCC2)[C@@H](c2cccc(Cl)c2Cl)C2=C(CCCC2=O)N1. The van der Waals surface area contributed by atoms with Gasteiger partial charge >= 0.3 is 5.97 Å². The van der Waals surface area contributed by atoms with Gasteiger partial charge in [0.25, 0.3) is 0 Å². The highest BCUT2D eigenvalue weighted by molar-refractivity contribution is 6.42. The van der Waals surface area contributed by atoms with Crippen molar-refractivity contribution < 1.29 is 14.3 Å². The standard InChI is InChI=1S/C23H25Cl2NO3/c1-13-19(23(28)29-14-7-3-2-4-8-14)20(15-9-5-10-16(24)22(15)25)21-17(26-13)11-6-12-18(21)27/h5,9-10,14,20,26H,2-4,6-8,11-12H2,1H3/t20-/m1/s1. The lowest BCUT2D eigenvalue weighted by Crippen LogP contribution is -2.35. The molecular formula is C23H25Cl2NO3. The number of hydrogen-bond acceptors (Lipinski definition) is 4. The van der Waals surface area contributed by atoms with E-state index in [0.29, 0.717) is 33.2 Å². The van der Waals surface area contributed by atoms with Gasteiger partial charge in [-0.1, -0.05) is 41.8 Å². The summed E-state index contributed by atoms with van der Waals surface area (Å²) in [5.41, 5.74) is 3.38. The minimum absolute atomic E-state index is 0.0512. The van der Waals surface area contributed by atoms with Crippen molar-refractivity contribution in [2.24, 2.45) is 0 Å². The van der Waals surface area contributed by atoms with Gasteiger partial charge in [0.2, 0.25) is 0 Å². The number of carbonyl (C=O) groups excluding carboxylic acids is 2. The first-order valence-electron chi connectivity index (χ1n) is 10.4. The largest absolute Gasteiger partial charge is 0.459 e. The number of rotatable bonds is 3. The zero-order valence-electron chi connectivity index (χ0n) is 16.5. The molecule has 0 amide bonds. The molecule has 1 aliphatic heterocycles. The molecule has 0 bridgehead atoms. The average molecular weight is 434 g/mol. The van der Waals surface area contributed by atoms with E-state index in [-0.39, 0.29) is 17.9 Å². The second kappa shape index (κ2) is 8.53. The number of hydrogen-bond donors (Lipinski definition) is 1. The predicted octanol–water partition coefficient (Wildman–Crippen LogP) is 5.84. The van der Waals surface area contributed by atoms with Crippen molar-refractivity contribution >= 4 is 35.0 Å². The van der Waals surface area contributed by atoms with Crippen LogP contribution in [0, 0.1) is 0 Å². The van der Waals surface area contributed by atoms with E-state index in [0.717, 1.165) is 49.9 Å². The summed E-state index contributed by atoms with van der Waals surface area (Å²) in [6.45, 7) is 1.87. The summed E-state index contributed by atoms with van der Waals surface area (Å²) in [7, 11) is 0. The highest BCUT2D eigenvalue weighted by atomic mass is 35.5. The van der Waals surface area contributed by atoms with Crippen LogP contribution >= 0.6 is 23.2 Å². The molecule has 1 aromatic carbocycles.